The van der Waals surface area contributed by atoms with Crippen LogP contribution >= 0.6 is 0 Å². The standard InChI is InChI=1S/C10H16O2S2/c13-14-11-9(5-1-2-6-9)10(12-14)7-3-4-8-10/h1-8H2. The average Bonchev–Trinajstić information content (AvgIpc) is 2.79. The van der Waals surface area contributed by atoms with Crippen LogP contribution in [0.4, 0.5) is 0 Å². The Kier molecular flexibility index (Phi) is 2.24. The van der Waals surface area contributed by atoms with E-state index in [4.69, 9.17) is 19.6 Å². The van der Waals surface area contributed by atoms with E-state index in [0.717, 1.165) is 0 Å². The van der Waals surface area contributed by atoms with Crippen LogP contribution < -0.4 is 0 Å². The van der Waals surface area contributed by atoms with E-state index in [-0.39, 0.29) is 11.2 Å². The van der Waals surface area contributed by atoms with Crippen LogP contribution in [0.1, 0.15) is 51.4 Å². The molecule has 2 aliphatic carbocycles. The summed E-state index contributed by atoms with van der Waals surface area (Å²) in [5.41, 5.74) is 0.0444. The van der Waals surface area contributed by atoms with Crippen molar-refractivity contribution < 1.29 is 8.37 Å². The molecule has 2 saturated carbocycles. The van der Waals surface area contributed by atoms with Gasteiger partial charge in [-0.25, -0.2) is 0 Å². The van der Waals surface area contributed by atoms with Gasteiger partial charge in [0.1, 0.15) is 21.2 Å². The third-order valence-corrected chi connectivity index (χ3v) is 5.43. The van der Waals surface area contributed by atoms with Crippen LogP contribution in [-0.2, 0) is 29.6 Å². The topological polar surface area (TPSA) is 18.5 Å². The summed E-state index contributed by atoms with van der Waals surface area (Å²) in [5.74, 6) is 0. The van der Waals surface area contributed by atoms with Crippen LogP contribution in [0.15, 0.2) is 0 Å². The van der Waals surface area contributed by atoms with E-state index in [2.05, 4.69) is 0 Å². The van der Waals surface area contributed by atoms with Crippen molar-refractivity contribution in [3.8, 4) is 0 Å². The predicted octanol–water partition coefficient (Wildman–Crippen LogP) is 2.57. The molecule has 4 heteroatoms. The summed E-state index contributed by atoms with van der Waals surface area (Å²) in [7, 11) is -0.648. The molecule has 80 valence electrons. The molecule has 0 aromatic heterocycles. The molecule has 3 aliphatic rings. The van der Waals surface area contributed by atoms with Crippen molar-refractivity contribution in [3.05, 3.63) is 0 Å². The van der Waals surface area contributed by atoms with E-state index in [1.54, 1.807) is 0 Å². The Morgan fingerprint density at radius 1 is 0.786 bits per heavy atom. The maximum absolute atomic E-state index is 5.97. The summed E-state index contributed by atoms with van der Waals surface area (Å²) in [6.45, 7) is 0. The molecule has 1 saturated heterocycles. The Balaban J connectivity index is 1.97. The van der Waals surface area contributed by atoms with Gasteiger partial charge in [-0.05, 0) is 25.7 Å². The van der Waals surface area contributed by atoms with E-state index in [0.29, 0.717) is 0 Å². The number of rotatable bonds is 0. The largest absolute Gasteiger partial charge is 0.281 e. The molecule has 0 unspecified atom stereocenters. The Hall–Kier alpha value is 0.490. The van der Waals surface area contributed by atoms with Crippen molar-refractivity contribution in [3.63, 3.8) is 0 Å². The van der Waals surface area contributed by atoms with Gasteiger partial charge in [0.05, 0.1) is 0 Å². The van der Waals surface area contributed by atoms with E-state index >= 15 is 0 Å². The SMILES string of the molecule is S=S1OC2(CCCC2)C2(CCCC2)O1. The zero-order chi connectivity index (χ0) is 9.65. The Morgan fingerprint density at radius 2 is 1.14 bits per heavy atom. The molecule has 1 heterocycles. The van der Waals surface area contributed by atoms with Crippen LogP contribution in [-0.4, -0.2) is 11.2 Å². The minimum atomic E-state index is -0.648. The number of hydrogen-bond donors (Lipinski definition) is 0. The normalized spacial score (nSPS) is 34.9. The summed E-state index contributed by atoms with van der Waals surface area (Å²) in [6, 6.07) is 0. The third-order valence-electron chi connectivity index (χ3n) is 4.11. The molecule has 0 amide bonds. The molecule has 2 spiro atoms. The first-order valence-electron chi connectivity index (χ1n) is 5.57. The van der Waals surface area contributed by atoms with Crippen molar-refractivity contribution in [2.75, 3.05) is 0 Å². The summed E-state index contributed by atoms with van der Waals surface area (Å²) in [5, 5.41) is 0. The maximum Gasteiger partial charge on any atom is 0.150 e. The Labute approximate surface area is 92.4 Å². The minimum Gasteiger partial charge on any atom is -0.281 e. The van der Waals surface area contributed by atoms with Gasteiger partial charge in [-0.3, -0.25) is 8.37 Å². The van der Waals surface area contributed by atoms with E-state index in [1.807, 2.05) is 0 Å². The second-order valence-electron chi connectivity index (χ2n) is 4.77. The van der Waals surface area contributed by atoms with Crippen LogP contribution in [0.5, 0.6) is 0 Å². The van der Waals surface area contributed by atoms with Crippen molar-refractivity contribution in [2.24, 2.45) is 0 Å². The molecule has 0 aromatic rings. The molecular formula is C10H16O2S2. The lowest BCUT2D eigenvalue weighted by molar-refractivity contribution is -0.0400. The summed E-state index contributed by atoms with van der Waals surface area (Å²) >= 11 is 5.20. The highest BCUT2D eigenvalue weighted by atomic mass is 32.8. The molecule has 14 heavy (non-hydrogen) atoms. The van der Waals surface area contributed by atoms with E-state index < -0.39 is 10.0 Å². The van der Waals surface area contributed by atoms with Crippen molar-refractivity contribution in [2.45, 2.75) is 62.6 Å². The number of hydrogen-bond acceptors (Lipinski definition) is 3. The van der Waals surface area contributed by atoms with Crippen LogP contribution in [0.25, 0.3) is 0 Å². The van der Waals surface area contributed by atoms with Gasteiger partial charge in [0.2, 0.25) is 0 Å². The number of fused-ring (bicyclic) bond motifs is 1. The molecular weight excluding hydrogens is 216 g/mol. The molecule has 0 bridgehead atoms. The van der Waals surface area contributed by atoms with Crippen molar-refractivity contribution >= 4 is 21.2 Å². The first-order chi connectivity index (χ1) is 6.77. The van der Waals surface area contributed by atoms with Crippen molar-refractivity contribution in [1.82, 2.24) is 0 Å². The van der Waals surface area contributed by atoms with Gasteiger partial charge >= 0.3 is 0 Å². The highest BCUT2D eigenvalue weighted by molar-refractivity contribution is 8.23. The molecule has 1 aliphatic heterocycles. The highest BCUT2D eigenvalue weighted by Gasteiger charge is 2.61. The molecule has 3 rings (SSSR count). The maximum atomic E-state index is 5.97. The minimum absolute atomic E-state index is 0.0222. The molecule has 0 N–H and O–H groups in total. The van der Waals surface area contributed by atoms with Gasteiger partial charge in [-0.2, -0.15) is 0 Å². The summed E-state index contributed by atoms with van der Waals surface area (Å²) in [4.78, 5) is 0. The zero-order valence-electron chi connectivity index (χ0n) is 8.29. The highest BCUT2D eigenvalue weighted by Crippen LogP contribution is 2.55. The van der Waals surface area contributed by atoms with Gasteiger partial charge < -0.3 is 0 Å². The van der Waals surface area contributed by atoms with Crippen molar-refractivity contribution in [1.29, 1.82) is 0 Å². The molecule has 0 radical (unpaired) electrons. The summed E-state index contributed by atoms with van der Waals surface area (Å²) < 4.78 is 11.9. The lowest BCUT2D eigenvalue weighted by atomic mass is 9.80. The Morgan fingerprint density at radius 3 is 1.50 bits per heavy atom. The fraction of sp³-hybridized carbons (Fsp3) is 1.00. The predicted molar refractivity (Wildman–Crippen MR) is 59.3 cm³/mol. The van der Waals surface area contributed by atoms with Gasteiger partial charge in [0.25, 0.3) is 0 Å². The zero-order valence-corrected chi connectivity index (χ0v) is 9.92. The van der Waals surface area contributed by atoms with Gasteiger partial charge in [-0.15, -0.1) is 0 Å². The lowest BCUT2D eigenvalue weighted by Gasteiger charge is -2.35. The summed E-state index contributed by atoms with van der Waals surface area (Å²) in [6.07, 6.45) is 9.85. The quantitative estimate of drug-likeness (QED) is 0.639. The van der Waals surface area contributed by atoms with Crippen LogP contribution in [0.2, 0.25) is 0 Å². The van der Waals surface area contributed by atoms with E-state index in [1.165, 1.54) is 51.4 Å². The monoisotopic (exact) mass is 232 g/mol. The first-order valence-corrected chi connectivity index (χ1v) is 7.57. The smallest absolute Gasteiger partial charge is 0.150 e. The molecule has 0 aromatic carbocycles. The first kappa shape index (κ1) is 9.70. The fourth-order valence-electron chi connectivity index (χ4n) is 3.40. The second-order valence-corrected chi connectivity index (χ2v) is 6.33. The molecule has 2 nitrogen and oxygen atoms in total. The Bertz CT molecular complexity index is 239. The van der Waals surface area contributed by atoms with Gasteiger partial charge in [0.15, 0.2) is 0 Å². The van der Waals surface area contributed by atoms with Gasteiger partial charge in [-0.1, -0.05) is 25.7 Å². The lowest BCUT2D eigenvalue weighted by Crippen LogP contribution is -2.47. The van der Waals surface area contributed by atoms with Gasteiger partial charge in [0, 0.05) is 11.2 Å². The molecule has 3 fully saturated rings. The fourth-order valence-corrected chi connectivity index (χ4v) is 5.37. The molecule has 0 atom stereocenters. The second kappa shape index (κ2) is 3.24. The average molecular weight is 232 g/mol. The third kappa shape index (κ3) is 1.17. The van der Waals surface area contributed by atoms with E-state index in [9.17, 15) is 0 Å². The van der Waals surface area contributed by atoms with Crippen LogP contribution in [0, 0.1) is 0 Å². The van der Waals surface area contributed by atoms with Crippen LogP contribution in [0.3, 0.4) is 0 Å².